The molecule has 0 N–H and O–H groups in total. The van der Waals surface area contributed by atoms with Gasteiger partial charge in [0.2, 0.25) is 0 Å². The third-order valence-electron chi connectivity index (χ3n) is 2.87. The monoisotopic (exact) mass is 215 g/mol. The van der Waals surface area contributed by atoms with Gasteiger partial charge in [0.15, 0.2) is 0 Å². The molecule has 1 saturated heterocycles. The zero-order valence-corrected chi connectivity index (χ0v) is 10.7. The summed E-state index contributed by atoms with van der Waals surface area (Å²) in [5.41, 5.74) is 0. The van der Waals surface area contributed by atoms with Crippen LogP contribution in [-0.2, 0) is 9.47 Å². The van der Waals surface area contributed by atoms with Gasteiger partial charge >= 0.3 is 0 Å². The van der Waals surface area contributed by atoms with Gasteiger partial charge in [0, 0.05) is 19.1 Å². The van der Waals surface area contributed by atoms with Gasteiger partial charge in [-0.05, 0) is 34.6 Å². The summed E-state index contributed by atoms with van der Waals surface area (Å²) in [5, 5.41) is 0. The van der Waals surface area contributed by atoms with Crippen molar-refractivity contribution in [3.8, 4) is 0 Å². The Labute approximate surface area is 93.7 Å². The molecule has 3 nitrogen and oxygen atoms in total. The maximum Gasteiger partial charge on any atom is 0.0961 e. The number of ether oxygens (including phenoxy) is 2. The lowest BCUT2D eigenvalue weighted by Gasteiger charge is -2.38. The Morgan fingerprint density at radius 3 is 2.40 bits per heavy atom. The normalized spacial score (nSPS) is 26.2. The van der Waals surface area contributed by atoms with Crippen LogP contribution in [-0.4, -0.2) is 49.0 Å². The molecule has 1 aliphatic heterocycles. The maximum atomic E-state index is 5.77. The molecule has 1 fully saturated rings. The van der Waals surface area contributed by atoms with E-state index in [1.807, 2.05) is 0 Å². The lowest BCUT2D eigenvalue weighted by Crippen LogP contribution is -2.50. The Morgan fingerprint density at radius 2 is 1.87 bits per heavy atom. The smallest absolute Gasteiger partial charge is 0.0961 e. The number of rotatable bonds is 4. The molecule has 0 amide bonds. The fraction of sp³-hybridized carbons (Fsp3) is 1.00. The van der Waals surface area contributed by atoms with Crippen LogP contribution in [0.5, 0.6) is 0 Å². The quantitative estimate of drug-likeness (QED) is 0.715. The first-order chi connectivity index (χ1) is 7.00. The summed E-state index contributed by atoms with van der Waals surface area (Å²) in [4.78, 5) is 2.45. The van der Waals surface area contributed by atoms with Crippen LogP contribution in [0.15, 0.2) is 0 Å². The van der Waals surface area contributed by atoms with E-state index < -0.39 is 0 Å². The van der Waals surface area contributed by atoms with Crippen molar-refractivity contribution in [1.82, 2.24) is 4.90 Å². The molecule has 15 heavy (non-hydrogen) atoms. The molecule has 90 valence electrons. The summed E-state index contributed by atoms with van der Waals surface area (Å²) < 4.78 is 11.5. The lowest BCUT2D eigenvalue weighted by molar-refractivity contribution is -0.122. The highest BCUT2D eigenvalue weighted by Gasteiger charge is 2.27. The van der Waals surface area contributed by atoms with Gasteiger partial charge in [-0.3, -0.25) is 4.90 Å². The highest BCUT2D eigenvalue weighted by Crippen LogP contribution is 2.14. The Hall–Kier alpha value is -0.120. The van der Waals surface area contributed by atoms with Gasteiger partial charge in [-0.2, -0.15) is 0 Å². The Balaban J connectivity index is 2.41. The van der Waals surface area contributed by atoms with E-state index in [1.165, 1.54) is 0 Å². The molecule has 0 aromatic rings. The molecule has 2 atom stereocenters. The molecular formula is C12H25NO2. The third-order valence-corrected chi connectivity index (χ3v) is 2.87. The summed E-state index contributed by atoms with van der Waals surface area (Å²) >= 11 is 0. The predicted molar refractivity (Wildman–Crippen MR) is 62.1 cm³/mol. The summed E-state index contributed by atoms with van der Waals surface area (Å²) in [5.74, 6) is 0. The summed E-state index contributed by atoms with van der Waals surface area (Å²) in [6, 6.07) is 0.600. The van der Waals surface area contributed by atoms with Gasteiger partial charge in [-0.15, -0.1) is 0 Å². The molecule has 0 aromatic heterocycles. The van der Waals surface area contributed by atoms with Crippen LogP contribution < -0.4 is 0 Å². The molecule has 0 bridgehead atoms. The fourth-order valence-electron chi connectivity index (χ4n) is 1.97. The average Bonchev–Trinajstić information content (AvgIpc) is 2.17. The van der Waals surface area contributed by atoms with Crippen LogP contribution in [0, 0.1) is 0 Å². The molecule has 0 saturated carbocycles. The van der Waals surface area contributed by atoms with Crippen molar-refractivity contribution in [2.45, 2.75) is 59.0 Å². The van der Waals surface area contributed by atoms with Gasteiger partial charge < -0.3 is 9.47 Å². The molecule has 0 radical (unpaired) electrons. The van der Waals surface area contributed by atoms with E-state index >= 15 is 0 Å². The standard InChI is InChI=1S/C12H25NO2/c1-9(2)13-6-7-14-12(8-13)11(5)15-10(3)4/h9-12H,6-8H2,1-5H3/t11-,12?/m1/s1. The van der Waals surface area contributed by atoms with Gasteiger partial charge in [-0.25, -0.2) is 0 Å². The second-order valence-corrected chi connectivity index (χ2v) is 4.89. The van der Waals surface area contributed by atoms with Gasteiger partial charge in [-0.1, -0.05) is 0 Å². The van der Waals surface area contributed by atoms with E-state index in [9.17, 15) is 0 Å². The Morgan fingerprint density at radius 1 is 1.20 bits per heavy atom. The summed E-state index contributed by atoms with van der Waals surface area (Å²) in [6.45, 7) is 13.6. The predicted octanol–water partition coefficient (Wildman–Crippen LogP) is 1.91. The molecule has 1 heterocycles. The van der Waals surface area contributed by atoms with Crippen molar-refractivity contribution in [3.63, 3.8) is 0 Å². The van der Waals surface area contributed by atoms with Crippen molar-refractivity contribution < 1.29 is 9.47 Å². The van der Waals surface area contributed by atoms with E-state index in [2.05, 4.69) is 39.5 Å². The molecule has 1 aliphatic rings. The van der Waals surface area contributed by atoms with Crippen molar-refractivity contribution in [2.24, 2.45) is 0 Å². The van der Waals surface area contributed by atoms with E-state index in [0.29, 0.717) is 6.04 Å². The Kier molecular flexibility index (Phi) is 5.03. The molecule has 0 spiro atoms. The third kappa shape index (κ3) is 4.09. The largest absolute Gasteiger partial charge is 0.373 e. The number of nitrogens with zero attached hydrogens (tertiary/aromatic N) is 1. The van der Waals surface area contributed by atoms with Crippen LogP contribution in [0.3, 0.4) is 0 Å². The second-order valence-electron chi connectivity index (χ2n) is 4.89. The maximum absolute atomic E-state index is 5.77. The number of morpholine rings is 1. The van der Waals surface area contributed by atoms with E-state index in [-0.39, 0.29) is 18.3 Å². The zero-order chi connectivity index (χ0) is 11.4. The number of hydrogen-bond donors (Lipinski definition) is 0. The second kappa shape index (κ2) is 5.83. The molecule has 0 aliphatic carbocycles. The SMILES string of the molecule is CC(C)O[C@H](C)C1CN(C(C)C)CCO1. The van der Waals surface area contributed by atoms with Crippen molar-refractivity contribution in [2.75, 3.05) is 19.7 Å². The average molecular weight is 215 g/mol. The minimum atomic E-state index is 0.187. The number of hydrogen-bond acceptors (Lipinski definition) is 3. The minimum Gasteiger partial charge on any atom is -0.373 e. The van der Waals surface area contributed by atoms with Crippen LogP contribution >= 0.6 is 0 Å². The van der Waals surface area contributed by atoms with Crippen molar-refractivity contribution >= 4 is 0 Å². The van der Waals surface area contributed by atoms with Crippen molar-refractivity contribution in [3.05, 3.63) is 0 Å². The van der Waals surface area contributed by atoms with E-state index in [0.717, 1.165) is 19.7 Å². The molecular weight excluding hydrogens is 190 g/mol. The van der Waals surface area contributed by atoms with E-state index in [1.54, 1.807) is 0 Å². The van der Waals surface area contributed by atoms with Crippen molar-refractivity contribution in [1.29, 1.82) is 0 Å². The highest BCUT2D eigenvalue weighted by atomic mass is 16.5. The topological polar surface area (TPSA) is 21.7 Å². The van der Waals surface area contributed by atoms with Crippen LogP contribution in [0.1, 0.15) is 34.6 Å². The lowest BCUT2D eigenvalue weighted by atomic mass is 10.1. The van der Waals surface area contributed by atoms with Crippen LogP contribution in [0.25, 0.3) is 0 Å². The molecule has 1 unspecified atom stereocenters. The Bertz CT molecular complexity index is 182. The minimum absolute atomic E-state index is 0.187. The zero-order valence-electron chi connectivity index (χ0n) is 10.7. The fourth-order valence-corrected chi connectivity index (χ4v) is 1.97. The van der Waals surface area contributed by atoms with Crippen LogP contribution in [0.2, 0.25) is 0 Å². The van der Waals surface area contributed by atoms with Gasteiger partial charge in [0.25, 0.3) is 0 Å². The first-order valence-electron chi connectivity index (χ1n) is 6.01. The van der Waals surface area contributed by atoms with Gasteiger partial charge in [0.05, 0.1) is 24.9 Å². The first-order valence-corrected chi connectivity index (χ1v) is 6.01. The summed E-state index contributed by atoms with van der Waals surface area (Å²) in [7, 11) is 0. The molecule has 1 rings (SSSR count). The first kappa shape index (κ1) is 12.9. The molecule has 0 aromatic carbocycles. The highest BCUT2D eigenvalue weighted by molar-refractivity contribution is 4.78. The summed E-state index contributed by atoms with van der Waals surface area (Å²) in [6.07, 6.45) is 0.688. The van der Waals surface area contributed by atoms with Crippen LogP contribution in [0.4, 0.5) is 0 Å². The van der Waals surface area contributed by atoms with Gasteiger partial charge in [0.1, 0.15) is 0 Å². The molecule has 3 heteroatoms. The van der Waals surface area contributed by atoms with E-state index in [4.69, 9.17) is 9.47 Å².